The SMILES string of the molecule is CC[C@@H]1CCCC[C@@H]1N[C@H]1CCCC[C@H]1CC. The summed E-state index contributed by atoms with van der Waals surface area (Å²) < 4.78 is 0. The van der Waals surface area contributed by atoms with Crippen LogP contribution in [0.2, 0.25) is 0 Å². The fourth-order valence-corrected chi connectivity index (χ4v) is 4.11. The van der Waals surface area contributed by atoms with E-state index in [1.165, 1.54) is 64.2 Å². The van der Waals surface area contributed by atoms with Crippen molar-refractivity contribution in [2.45, 2.75) is 90.1 Å². The molecule has 2 rings (SSSR count). The molecule has 0 radical (unpaired) electrons. The lowest BCUT2D eigenvalue weighted by atomic mass is 9.79. The predicted molar refractivity (Wildman–Crippen MR) is 75.2 cm³/mol. The van der Waals surface area contributed by atoms with Gasteiger partial charge in [0.1, 0.15) is 0 Å². The van der Waals surface area contributed by atoms with Crippen molar-refractivity contribution in [1.29, 1.82) is 0 Å². The van der Waals surface area contributed by atoms with E-state index in [1.807, 2.05) is 0 Å². The molecule has 0 aromatic carbocycles. The lowest BCUT2D eigenvalue weighted by Crippen LogP contribution is -2.48. The molecule has 0 saturated heterocycles. The maximum Gasteiger partial charge on any atom is 0.00979 e. The molecule has 1 heteroatoms. The Bertz CT molecular complexity index is 192. The standard InChI is InChI=1S/C16H31N/c1-3-13-9-5-7-11-15(13)17-16-12-8-6-10-14(16)4-2/h13-17H,3-12H2,1-2H3/t13-,14-,15+,16+/m1/s1. The van der Waals surface area contributed by atoms with Gasteiger partial charge >= 0.3 is 0 Å². The molecule has 0 spiro atoms. The van der Waals surface area contributed by atoms with E-state index in [0.29, 0.717) is 0 Å². The summed E-state index contributed by atoms with van der Waals surface area (Å²) in [5.74, 6) is 1.92. The molecule has 2 aliphatic carbocycles. The largest absolute Gasteiger partial charge is 0.311 e. The molecule has 2 fully saturated rings. The third kappa shape index (κ3) is 3.47. The molecule has 100 valence electrons. The highest BCUT2D eigenvalue weighted by atomic mass is 15.0. The fraction of sp³-hybridized carbons (Fsp3) is 1.00. The first-order valence-electron chi connectivity index (χ1n) is 8.11. The van der Waals surface area contributed by atoms with Gasteiger partial charge in [-0.15, -0.1) is 0 Å². The van der Waals surface area contributed by atoms with Gasteiger partial charge in [-0.25, -0.2) is 0 Å². The summed E-state index contributed by atoms with van der Waals surface area (Å²) in [7, 11) is 0. The van der Waals surface area contributed by atoms with Gasteiger partial charge in [0.15, 0.2) is 0 Å². The Balaban J connectivity index is 1.88. The zero-order valence-electron chi connectivity index (χ0n) is 11.9. The predicted octanol–water partition coefficient (Wildman–Crippen LogP) is 4.51. The topological polar surface area (TPSA) is 12.0 Å². The van der Waals surface area contributed by atoms with E-state index in [0.717, 1.165) is 23.9 Å². The zero-order chi connectivity index (χ0) is 12.1. The summed E-state index contributed by atoms with van der Waals surface area (Å²) in [5.41, 5.74) is 0. The van der Waals surface area contributed by atoms with E-state index in [1.54, 1.807) is 0 Å². The second-order valence-electron chi connectivity index (χ2n) is 6.29. The van der Waals surface area contributed by atoms with Crippen LogP contribution >= 0.6 is 0 Å². The average Bonchev–Trinajstić information content (AvgIpc) is 2.40. The van der Waals surface area contributed by atoms with Gasteiger partial charge in [0.2, 0.25) is 0 Å². The summed E-state index contributed by atoms with van der Waals surface area (Å²) in [6, 6.07) is 1.68. The highest BCUT2D eigenvalue weighted by Gasteiger charge is 2.29. The van der Waals surface area contributed by atoms with Crippen molar-refractivity contribution in [1.82, 2.24) is 5.32 Å². The lowest BCUT2D eigenvalue weighted by molar-refractivity contribution is 0.179. The summed E-state index contributed by atoms with van der Waals surface area (Å²) in [6.07, 6.45) is 14.4. The third-order valence-corrected chi connectivity index (χ3v) is 5.30. The van der Waals surface area contributed by atoms with Crippen LogP contribution in [0.4, 0.5) is 0 Å². The Kier molecular flexibility index (Phi) is 5.34. The Labute approximate surface area is 108 Å². The van der Waals surface area contributed by atoms with Gasteiger partial charge in [0.25, 0.3) is 0 Å². The quantitative estimate of drug-likeness (QED) is 0.758. The summed E-state index contributed by atoms with van der Waals surface area (Å²) in [6.45, 7) is 4.76. The Hall–Kier alpha value is -0.0400. The van der Waals surface area contributed by atoms with Crippen LogP contribution in [-0.2, 0) is 0 Å². The second kappa shape index (κ2) is 6.78. The van der Waals surface area contributed by atoms with Crippen LogP contribution in [0.15, 0.2) is 0 Å². The van der Waals surface area contributed by atoms with Crippen LogP contribution < -0.4 is 5.32 Å². The maximum atomic E-state index is 4.06. The molecule has 0 aromatic heterocycles. The Morgan fingerprint density at radius 3 is 1.53 bits per heavy atom. The molecule has 2 saturated carbocycles. The molecule has 17 heavy (non-hydrogen) atoms. The van der Waals surface area contributed by atoms with Crippen LogP contribution in [0.5, 0.6) is 0 Å². The minimum Gasteiger partial charge on any atom is -0.311 e. The highest BCUT2D eigenvalue weighted by molar-refractivity contribution is 4.87. The zero-order valence-corrected chi connectivity index (χ0v) is 11.9. The molecule has 0 aromatic rings. The van der Waals surface area contributed by atoms with Crippen molar-refractivity contribution in [2.24, 2.45) is 11.8 Å². The minimum absolute atomic E-state index is 0.839. The van der Waals surface area contributed by atoms with Crippen LogP contribution in [0, 0.1) is 11.8 Å². The van der Waals surface area contributed by atoms with E-state index in [2.05, 4.69) is 19.2 Å². The van der Waals surface area contributed by atoms with Crippen molar-refractivity contribution in [2.75, 3.05) is 0 Å². The average molecular weight is 237 g/mol. The molecule has 1 N–H and O–H groups in total. The smallest absolute Gasteiger partial charge is 0.00979 e. The van der Waals surface area contributed by atoms with Crippen molar-refractivity contribution >= 4 is 0 Å². The number of nitrogens with one attached hydrogen (secondary N) is 1. The van der Waals surface area contributed by atoms with E-state index in [9.17, 15) is 0 Å². The summed E-state index contributed by atoms with van der Waals surface area (Å²) in [5, 5.41) is 4.06. The lowest BCUT2D eigenvalue weighted by Gasteiger charge is -2.39. The van der Waals surface area contributed by atoms with Crippen molar-refractivity contribution in [3.8, 4) is 0 Å². The Morgan fingerprint density at radius 2 is 1.12 bits per heavy atom. The van der Waals surface area contributed by atoms with Gasteiger partial charge in [-0.05, 0) is 37.5 Å². The second-order valence-corrected chi connectivity index (χ2v) is 6.29. The monoisotopic (exact) mass is 237 g/mol. The fourth-order valence-electron chi connectivity index (χ4n) is 4.11. The van der Waals surface area contributed by atoms with Gasteiger partial charge < -0.3 is 5.32 Å². The van der Waals surface area contributed by atoms with E-state index >= 15 is 0 Å². The van der Waals surface area contributed by atoms with Gasteiger partial charge in [0, 0.05) is 12.1 Å². The molecule has 0 heterocycles. The molecular formula is C16H31N. The molecule has 4 atom stereocenters. The van der Waals surface area contributed by atoms with E-state index in [4.69, 9.17) is 0 Å². The van der Waals surface area contributed by atoms with Gasteiger partial charge in [-0.1, -0.05) is 52.4 Å². The number of rotatable bonds is 4. The van der Waals surface area contributed by atoms with Crippen molar-refractivity contribution < 1.29 is 0 Å². The minimum atomic E-state index is 0.839. The first-order chi connectivity index (χ1) is 8.35. The molecule has 0 unspecified atom stereocenters. The van der Waals surface area contributed by atoms with Gasteiger partial charge in [-0.3, -0.25) is 0 Å². The molecule has 1 nitrogen and oxygen atoms in total. The molecule has 0 aliphatic heterocycles. The van der Waals surface area contributed by atoms with Crippen LogP contribution in [-0.4, -0.2) is 12.1 Å². The van der Waals surface area contributed by atoms with Gasteiger partial charge in [-0.2, -0.15) is 0 Å². The van der Waals surface area contributed by atoms with E-state index in [-0.39, 0.29) is 0 Å². The Morgan fingerprint density at radius 1 is 0.706 bits per heavy atom. The first-order valence-corrected chi connectivity index (χ1v) is 8.11. The third-order valence-electron chi connectivity index (χ3n) is 5.30. The van der Waals surface area contributed by atoms with Crippen molar-refractivity contribution in [3.63, 3.8) is 0 Å². The summed E-state index contributed by atoms with van der Waals surface area (Å²) in [4.78, 5) is 0. The van der Waals surface area contributed by atoms with E-state index < -0.39 is 0 Å². The van der Waals surface area contributed by atoms with Crippen LogP contribution in [0.25, 0.3) is 0 Å². The molecule has 0 bridgehead atoms. The molecule has 2 aliphatic rings. The highest BCUT2D eigenvalue weighted by Crippen LogP contribution is 2.31. The number of hydrogen-bond donors (Lipinski definition) is 1. The first kappa shape index (κ1) is 13.4. The summed E-state index contributed by atoms with van der Waals surface area (Å²) >= 11 is 0. The van der Waals surface area contributed by atoms with Crippen LogP contribution in [0.1, 0.15) is 78.1 Å². The molecular weight excluding hydrogens is 206 g/mol. The van der Waals surface area contributed by atoms with Gasteiger partial charge in [0.05, 0.1) is 0 Å². The maximum absolute atomic E-state index is 4.06. The normalized spacial score (nSPS) is 39.2. The molecule has 0 amide bonds. The number of hydrogen-bond acceptors (Lipinski definition) is 1. The van der Waals surface area contributed by atoms with Crippen molar-refractivity contribution in [3.05, 3.63) is 0 Å². The van der Waals surface area contributed by atoms with Crippen LogP contribution in [0.3, 0.4) is 0 Å².